The Bertz CT molecular complexity index is 885. The standard InChI is InChI=1S/C19H25N7O4/c1-14-4-5-16-15(11-14)19(29)21-6-9-25(18(28)12-26-13-22-23-24-26)8-2-3-17(27)20-7-10-30-16/h4-5,11,13H,2-3,6-10,12H2,1H3,(H,20,27)(H,21,29). The van der Waals surface area contributed by atoms with Gasteiger partial charge in [0.05, 0.1) is 12.1 Å². The van der Waals surface area contributed by atoms with Crippen molar-refractivity contribution in [3.8, 4) is 5.75 Å². The minimum Gasteiger partial charge on any atom is -0.491 e. The SMILES string of the molecule is Cc1ccc2c(c1)C(=O)NCCN(C(=O)Cn1cnnn1)CCCC(=O)NCCO2. The molecule has 30 heavy (non-hydrogen) atoms. The van der Waals surface area contributed by atoms with Gasteiger partial charge in [-0.15, -0.1) is 5.10 Å². The Balaban J connectivity index is 1.71. The maximum absolute atomic E-state index is 12.7. The van der Waals surface area contributed by atoms with E-state index in [9.17, 15) is 14.4 Å². The van der Waals surface area contributed by atoms with Crippen LogP contribution in [-0.2, 0) is 16.1 Å². The number of carbonyl (C=O) groups excluding carboxylic acids is 3. The summed E-state index contributed by atoms with van der Waals surface area (Å²) in [6.45, 7) is 3.42. The lowest BCUT2D eigenvalue weighted by molar-refractivity contribution is -0.132. The average Bonchev–Trinajstić information content (AvgIpc) is 3.23. The first-order valence-corrected chi connectivity index (χ1v) is 9.80. The largest absolute Gasteiger partial charge is 0.491 e. The molecule has 11 heteroatoms. The number of fused-ring (bicyclic) bond motifs is 1. The fourth-order valence-corrected chi connectivity index (χ4v) is 3.07. The highest BCUT2D eigenvalue weighted by molar-refractivity contribution is 5.97. The summed E-state index contributed by atoms with van der Waals surface area (Å²) in [6.07, 6.45) is 2.15. The van der Waals surface area contributed by atoms with E-state index in [2.05, 4.69) is 26.2 Å². The van der Waals surface area contributed by atoms with Crippen molar-refractivity contribution >= 4 is 17.7 Å². The molecule has 0 atom stereocenters. The molecule has 0 saturated heterocycles. The third kappa shape index (κ3) is 6.00. The van der Waals surface area contributed by atoms with Gasteiger partial charge in [0.1, 0.15) is 25.2 Å². The molecule has 0 unspecified atom stereocenters. The molecule has 2 N–H and O–H groups in total. The number of aromatic nitrogens is 4. The third-order valence-corrected chi connectivity index (χ3v) is 4.60. The molecular formula is C19H25N7O4. The van der Waals surface area contributed by atoms with Crippen LogP contribution in [0.1, 0.15) is 28.8 Å². The van der Waals surface area contributed by atoms with Crippen molar-refractivity contribution in [1.82, 2.24) is 35.7 Å². The number of tetrazole rings is 1. The van der Waals surface area contributed by atoms with E-state index in [1.54, 1.807) is 17.0 Å². The number of rotatable bonds is 2. The fourth-order valence-electron chi connectivity index (χ4n) is 3.07. The summed E-state index contributed by atoms with van der Waals surface area (Å²) in [4.78, 5) is 39.0. The number of carbonyl (C=O) groups is 3. The van der Waals surface area contributed by atoms with Gasteiger partial charge >= 0.3 is 0 Å². The monoisotopic (exact) mass is 415 g/mol. The molecule has 11 nitrogen and oxygen atoms in total. The second kappa shape index (κ2) is 10.3. The van der Waals surface area contributed by atoms with E-state index in [1.807, 2.05) is 13.0 Å². The van der Waals surface area contributed by atoms with Crippen molar-refractivity contribution < 1.29 is 19.1 Å². The Morgan fingerprint density at radius 3 is 2.87 bits per heavy atom. The Morgan fingerprint density at radius 1 is 1.20 bits per heavy atom. The minimum atomic E-state index is -0.277. The van der Waals surface area contributed by atoms with Crippen LogP contribution < -0.4 is 15.4 Å². The molecule has 0 spiro atoms. The fraction of sp³-hybridized carbons (Fsp3) is 0.474. The maximum atomic E-state index is 12.7. The molecule has 1 aliphatic rings. The van der Waals surface area contributed by atoms with E-state index < -0.39 is 0 Å². The molecule has 3 amide bonds. The summed E-state index contributed by atoms with van der Waals surface area (Å²) >= 11 is 0. The van der Waals surface area contributed by atoms with Gasteiger partial charge in [-0.05, 0) is 35.9 Å². The lowest BCUT2D eigenvalue weighted by Crippen LogP contribution is -2.41. The molecule has 3 rings (SSSR count). The van der Waals surface area contributed by atoms with Crippen LogP contribution in [0.25, 0.3) is 0 Å². The van der Waals surface area contributed by atoms with Gasteiger partial charge in [-0.1, -0.05) is 11.6 Å². The summed E-state index contributed by atoms with van der Waals surface area (Å²) in [7, 11) is 0. The highest BCUT2D eigenvalue weighted by Gasteiger charge is 2.18. The number of amides is 3. The second-order valence-corrected chi connectivity index (χ2v) is 6.95. The molecule has 0 aliphatic carbocycles. The third-order valence-electron chi connectivity index (χ3n) is 4.60. The zero-order chi connectivity index (χ0) is 21.3. The first kappa shape index (κ1) is 21.2. The van der Waals surface area contributed by atoms with Crippen LogP contribution in [0.5, 0.6) is 5.75 Å². The number of hydrogen-bond acceptors (Lipinski definition) is 7. The molecule has 0 fully saturated rings. The molecule has 2 aromatic rings. The van der Waals surface area contributed by atoms with Crippen LogP contribution in [0, 0.1) is 6.92 Å². The summed E-state index contributed by atoms with van der Waals surface area (Å²) in [6, 6.07) is 5.35. The lowest BCUT2D eigenvalue weighted by atomic mass is 10.1. The quantitative estimate of drug-likeness (QED) is 0.678. The molecule has 2 heterocycles. The van der Waals surface area contributed by atoms with Gasteiger partial charge in [-0.25, -0.2) is 4.68 Å². The van der Waals surface area contributed by atoms with Gasteiger partial charge in [0, 0.05) is 26.1 Å². The first-order valence-electron chi connectivity index (χ1n) is 9.80. The van der Waals surface area contributed by atoms with Crippen LogP contribution in [0.2, 0.25) is 0 Å². The molecule has 1 aromatic carbocycles. The van der Waals surface area contributed by atoms with Gasteiger partial charge in [-0.2, -0.15) is 0 Å². The molecule has 0 radical (unpaired) electrons. The zero-order valence-electron chi connectivity index (χ0n) is 16.8. The lowest BCUT2D eigenvalue weighted by Gasteiger charge is -2.22. The summed E-state index contributed by atoms with van der Waals surface area (Å²) < 4.78 is 7.03. The molecule has 1 aliphatic heterocycles. The van der Waals surface area contributed by atoms with Crippen LogP contribution in [-0.4, -0.2) is 75.6 Å². The Labute approximate surface area is 173 Å². The van der Waals surface area contributed by atoms with Crippen molar-refractivity contribution in [1.29, 1.82) is 0 Å². The highest BCUT2D eigenvalue weighted by atomic mass is 16.5. The molecule has 160 valence electrons. The van der Waals surface area contributed by atoms with Gasteiger partial charge in [-0.3, -0.25) is 14.4 Å². The van der Waals surface area contributed by atoms with Gasteiger partial charge < -0.3 is 20.3 Å². The number of ether oxygens (including phenoxy) is 1. The minimum absolute atomic E-state index is 0.0109. The molecule has 1 aromatic heterocycles. The van der Waals surface area contributed by atoms with Crippen LogP contribution in [0.3, 0.4) is 0 Å². The van der Waals surface area contributed by atoms with Crippen LogP contribution in [0.15, 0.2) is 24.5 Å². The van der Waals surface area contributed by atoms with Gasteiger partial charge in [0.25, 0.3) is 5.91 Å². The number of nitrogens with zero attached hydrogens (tertiary/aromatic N) is 5. The summed E-state index contributed by atoms with van der Waals surface area (Å²) in [5.74, 6) is -0.130. The van der Waals surface area contributed by atoms with Crippen molar-refractivity contribution in [3.63, 3.8) is 0 Å². The summed E-state index contributed by atoms with van der Waals surface area (Å²) in [5.41, 5.74) is 1.35. The topological polar surface area (TPSA) is 131 Å². The molecule has 0 saturated carbocycles. The molecule has 0 bridgehead atoms. The predicted molar refractivity (Wildman–Crippen MR) is 106 cm³/mol. The highest BCUT2D eigenvalue weighted by Crippen LogP contribution is 2.20. The first-order chi connectivity index (χ1) is 14.5. The number of aryl methyl sites for hydroxylation is 1. The second-order valence-electron chi connectivity index (χ2n) is 6.95. The van der Waals surface area contributed by atoms with E-state index >= 15 is 0 Å². The normalized spacial score (nSPS) is 16.4. The van der Waals surface area contributed by atoms with Gasteiger partial charge in [0.15, 0.2) is 0 Å². The molecular weight excluding hydrogens is 390 g/mol. The Morgan fingerprint density at radius 2 is 2.07 bits per heavy atom. The number of benzene rings is 1. The van der Waals surface area contributed by atoms with Crippen molar-refractivity contribution in [2.75, 3.05) is 32.8 Å². The summed E-state index contributed by atoms with van der Waals surface area (Å²) in [5, 5.41) is 16.4. The number of hydrogen-bond donors (Lipinski definition) is 2. The van der Waals surface area contributed by atoms with Crippen molar-refractivity contribution in [3.05, 3.63) is 35.7 Å². The maximum Gasteiger partial charge on any atom is 0.255 e. The smallest absolute Gasteiger partial charge is 0.255 e. The Kier molecular flexibility index (Phi) is 7.30. The number of nitrogens with one attached hydrogen (secondary N) is 2. The predicted octanol–water partition coefficient (Wildman–Crippen LogP) is -0.471. The van der Waals surface area contributed by atoms with Crippen LogP contribution in [0.4, 0.5) is 0 Å². The van der Waals surface area contributed by atoms with Gasteiger partial charge in [0.2, 0.25) is 11.8 Å². The van der Waals surface area contributed by atoms with E-state index in [4.69, 9.17) is 4.74 Å². The van der Waals surface area contributed by atoms with Crippen LogP contribution >= 0.6 is 0 Å². The van der Waals surface area contributed by atoms with E-state index in [-0.39, 0.29) is 43.8 Å². The Hall–Kier alpha value is -3.50. The van der Waals surface area contributed by atoms with E-state index in [0.717, 1.165) is 5.56 Å². The van der Waals surface area contributed by atoms with Crippen molar-refractivity contribution in [2.24, 2.45) is 0 Å². The van der Waals surface area contributed by atoms with E-state index in [0.29, 0.717) is 37.4 Å². The zero-order valence-corrected chi connectivity index (χ0v) is 16.8. The van der Waals surface area contributed by atoms with Crippen molar-refractivity contribution in [2.45, 2.75) is 26.3 Å². The van der Waals surface area contributed by atoms with E-state index in [1.165, 1.54) is 11.0 Å². The average molecular weight is 415 g/mol.